The Labute approximate surface area is 138 Å². The second kappa shape index (κ2) is 5.51. The molecule has 1 spiro atoms. The maximum absolute atomic E-state index is 13.3. The van der Waals surface area contributed by atoms with E-state index in [0.29, 0.717) is 6.07 Å². The zero-order valence-corrected chi connectivity index (χ0v) is 13.8. The standard InChI is InChI=1S/C15H16F2N2O4S/c1-18-13(20)9-24(22,23)15(18)2-4-19(5-3-15)14(21)10-6-11(16)8-12(17)7-10/h6-8H,2-5,9H2,1H3. The first kappa shape index (κ1) is 16.8. The molecule has 1 aromatic carbocycles. The third-order valence-electron chi connectivity index (χ3n) is 4.82. The maximum atomic E-state index is 13.3. The highest BCUT2D eigenvalue weighted by molar-refractivity contribution is 7.93. The molecule has 2 heterocycles. The van der Waals surface area contributed by atoms with E-state index in [-0.39, 0.29) is 31.5 Å². The van der Waals surface area contributed by atoms with Gasteiger partial charge in [0.1, 0.15) is 22.3 Å². The van der Waals surface area contributed by atoms with Crippen molar-refractivity contribution in [3.63, 3.8) is 0 Å². The van der Waals surface area contributed by atoms with Crippen molar-refractivity contribution in [3.05, 3.63) is 35.4 Å². The molecule has 24 heavy (non-hydrogen) atoms. The number of hydrogen-bond acceptors (Lipinski definition) is 4. The Morgan fingerprint density at radius 1 is 1.12 bits per heavy atom. The van der Waals surface area contributed by atoms with Crippen molar-refractivity contribution in [2.75, 3.05) is 25.9 Å². The largest absolute Gasteiger partial charge is 0.338 e. The zero-order valence-electron chi connectivity index (χ0n) is 13.0. The molecule has 0 aromatic heterocycles. The van der Waals surface area contributed by atoms with Crippen molar-refractivity contribution in [2.45, 2.75) is 17.7 Å². The Hall–Kier alpha value is -2.03. The summed E-state index contributed by atoms with van der Waals surface area (Å²) in [6.45, 7) is 0.182. The number of carbonyl (C=O) groups is 2. The number of halogens is 2. The van der Waals surface area contributed by atoms with Gasteiger partial charge in [-0.15, -0.1) is 0 Å². The number of rotatable bonds is 1. The van der Waals surface area contributed by atoms with E-state index in [2.05, 4.69) is 0 Å². The molecule has 130 valence electrons. The summed E-state index contributed by atoms with van der Waals surface area (Å²) >= 11 is 0. The van der Waals surface area contributed by atoms with Crippen molar-refractivity contribution in [1.82, 2.24) is 9.80 Å². The minimum absolute atomic E-state index is 0.0844. The van der Waals surface area contributed by atoms with Crippen molar-refractivity contribution >= 4 is 21.7 Å². The molecule has 1 aromatic rings. The average molecular weight is 358 g/mol. The van der Waals surface area contributed by atoms with E-state index in [1.807, 2.05) is 0 Å². The molecule has 3 rings (SSSR count). The van der Waals surface area contributed by atoms with Crippen LogP contribution in [0.2, 0.25) is 0 Å². The van der Waals surface area contributed by atoms with E-state index in [9.17, 15) is 26.8 Å². The van der Waals surface area contributed by atoms with Crippen LogP contribution in [0.15, 0.2) is 18.2 Å². The topological polar surface area (TPSA) is 74.8 Å². The van der Waals surface area contributed by atoms with Gasteiger partial charge in [0.25, 0.3) is 5.91 Å². The minimum atomic E-state index is -3.62. The first-order chi connectivity index (χ1) is 11.2. The average Bonchev–Trinajstić information content (AvgIpc) is 2.66. The molecule has 0 aliphatic carbocycles. The first-order valence-corrected chi connectivity index (χ1v) is 9.06. The van der Waals surface area contributed by atoms with E-state index in [4.69, 9.17) is 0 Å². The number of piperidine rings is 1. The maximum Gasteiger partial charge on any atom is 0.254 e. The van der Waals surface area contributed by atoms with Crippen LogP contribution < -0.4 is 0 Å². The number of sulfone groups is 1. The molecule has 0 N–H and O–H groups in total. The van der Waals surface area contributed by atoms with Gasteiger partial charge in [-0.1, -0.05) is 0 Å². The second-order valence-electron chi connectivity index (χ2n) is 6.11. The molecule has 2 saturated heterocycles. The predicted molar refractivity (Wildman–Crippen MR) is 80.8 cm³/mol. The summed E-state index contributed by atoms with van der Waals surface area (Å²) in [4.78, 5) is 25.4. The van der Waals surface area contributed by atoms with Gasteiger partial charge in [-0.3, -0.25) is 9.59 Å². The molecule has 2 amide bonds. The first-order valence-electron chi connectivity index (χ1n) is 7.41. The minimum Gasteiger partial charge on any atom is -0.338 e. The number of carbonyl (C=O) groups excluding carboxylic acids is 2. The molecular formula is C15H16F2N2O4S. The van der Waals surface area contributed by atoms with E-state index in [0.717, 1.165) is 12.1 Å². The molecule has 0 atom stereocenters. The number of hydrogen-bond donors (Lipinski definition) is 0. The molecule has 0 saturated carbocycles. The lowest BCUT2D eigenvalue weighted by atomic mass is 10.0. The molecular weight excluding hydrogens is 342 g/mol. The van der Waals surface area contributed by atoms with Gasteiger partial charge in [-0.05, 0) is 12.1 Å². The lowest BCUT2D eigenvalue weighted by Gasteiger charge is -2.41. The number of nitrogens with zero attached hydrogens (tertiary/aromatic N) is 2. The summed E-state index contributed by atoms with van der Waals surface area (Å²) < 4.78 is 51.2. The predicted octanol–water partition coefficient (Wildman–Crippen LogP) is 0.784. The molecule has 6 nitrogen and oxygen atoms in total. The summed E-state index contributed by atoms with van der Waals surface area (Å²) in [7, 11) is -2.17. The van der Waals surface area contributed by atoms with Crippen LogP contribution in [0.5, 0.6) is 0 Å². The number of amides is 2. The summed E-state index contributed by atoms with van der Waals surface area (Å²) in [6, 6.07) is 2.56. The Morgan fingerprint density at radius 2 is 1.67 bits per heavy atom. The fraction of sp³-hybridized carbons (Fsp3) is 0.467. The van der Waals surface area contributed by atoms with Crippen LogP contribution in [0.1, 0.15) is 23.2 Å². The molecule has 0 radical (unpaired) electrons. The van der Waals surface area contributed by atoms with Crippen LogP contribution in [0.4, 0.5) is 8.78 Å². The van der Waals surface area contributed by atoms with Gasteiger partial charge in [0, 0.05) is 44.6 Å². The van der Waals surface area contributed by atoms with Gasteiger partial charge < -0.3 is 9.80 Å². The van der Waals surface area contributed by atoms with E-state index >= 15 is 0 Å². The highest BCUT2D eigenvalue weighted by Gasteiger charge is 2.57. The van der Waals surface area contributed by atoms with Gasteiger partial charge in [0.05, 0.1) is 0 Å². The SMILES string of the molecule is CN1C(=O)CS(=O)(=O)C12CCN(C(=O)c1cc(F)cc(F)c1)CC2. The van der Waals surface area contributed by atoms with Crippen LogP contribution in [0.25, 0.3) is 0 Å². The molecule has 2 aliphatic heterocycles. The van der Waals surface area contributed by atoms with Gasteiger partial charge in [0.15, 0.2) is 9.84 Å². The zero-order chi connectivity index (χ0) is 17.7. The Bertz CT molecular complexity index is 797. The molecule has 2 fully saturated rings. The van der Waals surface area contributed by atoms with Crippen molar-refractivity contribution in [1.29, 1.82) is 0 Å². The monoisotopic (exact) mass is 358 g/mol. The van der Waals surface area contributed by atoms with E-state index in [1.165, 1.54) is 16.8 Å². The Balaban J connectivity index is 1.80. The highest BCUT2D eigenvalue weighted by Crippen LogP contribution is 2.39. The van der Waals surface area contributed by atoms with E-state index < -0.39 is 43.9 Å². The highest BCUT2D eigenvalue weighted by atomic mass is 32.2. The smallest absolute Gasteiger partial charge is 0.254 e. The van der Waals surface area contributed by atoms with Gasteiger partial charge in [-0.25, -0.2) is 17.2 Å². The summed E-state index contributed by atoms with van der Waals surface area (Å²) in [5.41, 5.74) is -0.123. The molecule has 2 aliphatic rings. The quantitative estimate of drug-likeness (QED) is 0.744. The van der Waals surface area contributed by atoms with Crippen molar-refractivity contribution < 1.29 is 26.8 Å². The Kier molecular flexibility index (Phi) is 3.86. The van der Waals surface area contributed by atoms with Crippen LogP contribution >= 0.6 is 0 Å². The molecule has 9 heteroatoms. The van der Waals surface area contributed by atoms with Gasteiger partial charge in [0.2, 0.25) is 5.91 Å². The normalized spacial score (nSPS) is 22.2. The third kappa shape index (κ3) is 2.47. The fourth-order valence-electron chi connectivity index (χ4n) is 3.40. The van der Waals surface area contributed by atoms with Crippen LogP contribution in [-0.4, -0.2) is 60.8 Å². The van der Waals surface area contributed by atoms with Gasteiger partial charge >= 0.3 is 0 Å². The summed E-state index contributed by atoms with van der Waals surface area (Å²) in [5, 5.41) is 0. The lowest BCUT2D eigenvalue weighted by molar-refractivity contribution is -0.129. The third-order valence-corrected chi connectivity index (χ3v) is 7.29. The Morgan fingerprint density at radius 3 is 2.12 bits per heavy atom. The lowest BCUT2D eigenvalue weighted by Crippen LogP contribution is -2.55. The van der Waals surface area contributed by atoms with Crippen LogP contribution in [-0.2, 0) is 14.6 Å². The number of likely N-dealkylation sites (tertiary alicyclic amines) is 1. The fourth-order valence-corrected chi connectivity index (χ4v) is 5.51. The van der Waals surface area contributed by atoms with Crippen LogP contribution in [0, 0.1) is 11.6 Å². The second-order valence-corrected chi connectivity index (χ2v) is 8.39. The molecule has 0 bridgehead atoms. The number of benzene rings is 1. The molecule has 0 unspecified atom stereocenters. The van der Waals surface area contributed by atoms with Crippen LogP contribution in [0.3, 0.4) is 0 Å². The summed E-state index contributed by atoms with van der Waals surface area (Å²) in [6.07, 6.45) is 0.169. The van der Waals surface area contributed by atoms with Crippen molar-refractivity contribution in [3.8, 4) is 0 Å². The summed E-state index contributed by atoms with van der Waals surface area (Å²) in [5.74, 6) is -3.24. The van der Waals surface area contributed by atoms with E-state index in [1.54, 1.807) is 0 Å². The van der Waals surface area contributed by atoms with Crippen molar-refractivity contribution in [2.24, 2.45) is 0 Å². The van der Waals surface area contributed by atoms with Gasteiger partial charge in [-0.2, -0.15) is 0 Å².